The van der Waals surface area contributed by atoms with Gasteiger partial charge in [-0.05, 0) is 24.7 Å². The average molecular weight is 150 g/mol. The van der Waals surface area contributed by atoms with Gasteiger partial charge in [-0.1, -0.05) is 44.6 Å². The van der Waals surface area contributed by atoms with Crippen LogP contribution >= 0.6 is 0 Å². The van der Waals surface area contributed by atoms with Crippen molar-refractivity contribution >= 4 is 0 Å². The van der Waals surface area contributed by atoms with Gasteiger partial charge in [0.25, 0.3) is 0 Å². The highest BCUT2D eigenvalue weighted by Crippen LogP contribution is 2.36. The first-order valence-electron chi connectivity index (χ1n) is 4.40. The van der Waals surface area contributed by atoms with Crippen molar-refractivity contribution in [2.45, 2.75) is 34.1 Å². The summed E-state index contributed by atoms with van der Waals surface area (Å²) in [6.07, 6.45) is 8.13. The quantitative estimate of drug-likeness (QED) is 0.536. The van der Waals surface area contributed by atoms with Crippen LogP contribution in [0.2, 0.25) is 0 Å². The SMILES string of the molecule is CC1=CCC(C)(C(C)C)C=C1. The maximum absolute atomic E-state index is 2.35. The number of allylic oxidation sites excluding steroid dienone is 4. The number of rotatable bonds is 1. The lowest BCUT2D eigenvalue weighted by atomic mass is 9.73. The van der Waals surface area contributed by atoms with Gasteiger partial charge in [-0.25, -0.2) is 0 Å². The Balaban J connectivity index is 2.74. The fourth-order valence-corrected chi connectivity index (χ4v) is 1.27. The molecule has 0 fully saturated rings. The van der Waals surface area contributed by atoms with Crippen molar-refractivity contribution in [3.05, 3.63) is 23.8 Å². The van der Waals surface area contributed by atoms with Crippen LogP contribution < -0.4 is 0 Å². The number of hydrogen-bond acceptors (Lipinski definition) is 0. The van der Waals surface area contributed by atoms with E-state index in [1.165, 1.54) is 12.0 Å². The van der Waals surface area contributed by atoms with Crippen molar-refractivity contribution in [1.82, 2.24) is 0 Å². The van der Waals surface area contributed by atoms with Crippen LogP contribution in [0.5, 0.6) is 0 Å². The zero-order valence-corrected chi connectivity index (χ0v) is 8.02. The molecule has 0 heteroatoms. The zero-order chi connectivity index (χ0) is 8.48. The van der Waals surface area contributed by atoms with E-state index in [0.29, 0.717) is 5.41 Å². The second kappa shape index (κ2) is 2.84. The molecule has 1 rings (SSSR count). The Hall–Kier alpha value is -0.520. The van der Waals surface area contributed by atoms with Crippen molar-refractivity contribution < 1.29 is 0 Å². The van der Waals surface area contributed by atoms with Crippen molar-refractivity contribution in [3.63, 3.8) is 0 Å². The summed E-state index contributed by atoms with van der Waals surface area (Å²) in [5.74, 6) is 0.739. The van der Waals surface area contributed by atoms with Gasteiger partial charge in [0.1, 0.15) is 0 Å². The second-order valence-corrected chi connectivity index (χ2v) is 4.15. The Bertz CT molecular complexity index is 196. The predicted octanol–water partition coefficient (Wildman–Crippen LogP) is 3.55. The minimum atomic E-state index is 0.402. The Morgan fingerprint density at radius 1 is 1.45 bits per heavy atom. The molecular weight excluding hydrogens is 132 g/mol. The van der Waals surface area contributed by atoms with E-state index >= 15 is 0 Å². The summed E-state index contributed by atoms with van der Waals surface area (Å²) < 4.78 is 0. The van der Waals surface area contributed by atoms with E-state index in [-0.39, 0.29) is 0 Å². The highest BCUT2D eigenvalue weighted by molar-refractivity contribution is 5.24. The third-order valence-corrected chi connectivity index (χ3v) is 2.91. The van der Waals surface area contributed by atoms with Gasteiger partial charge in [0.15, 0.2) is 0 Å². The molecule has 62 valence electrons. The van der Waals surface area contributed by atoms with Crippen molar-refractivity contribution in [1.29, 1.82) is 0 Å². The molecule has 0 heterocycles. The Labute approximate surface area is 70.0 Å². The zero-order valence-electron chi connectivity index (χ0n) is 8.02. The van der Waals surface area contributed by atoms with Gasteiger partial charge in [-0.3, -0.25) is 0 Å². The van der Waals surface area contributed by atoms with Gasteiger partial charge >= 0.3 is 0 Å². The van der Waals surface area contributed by atoms with Gasteiger partial charge < -0.3 is 0 Å². The highest BCUT2D eigenvalue weighted by Gasteiger charge is 2.25. The summed E-state index contributed by atoms with van der Waals surface area (Å²) in [5.41, 5.74) is 1.81. The number of hydrogen-bond donors (Lipinski definition) is 0. The van der Waals surface area contributed by atoms with Crippen molar-refractivity contribution in [2.75, 3.05) is 0 Å². The van der Waals surface area contributed by atoms with Crippen LogP contribution in [0, 0.1) is 11.3 Å². The largest absolute Gasteiger partial charge is 0.0807 e. The van der Waals surface area contributed by atoms with Crippen molar-refractivity contribution in [3.8, 4) is 0 Å². The van der Waals surface area contributed by atoms with Gasteiger partial charge in [0.05, 0.1) is 0 Å². The summed E-state index contributed by atoms with van der Waals surface area (Å²) in [4.78, 5) is 0. The summed E-state index contributed by atoms with van der Waals surface area (Å²) >= 11 is 0. The molecule has 1 unspecified atom stereocenters. The summed E-state index contributed by atoms with van der Waals surface area (Å²) in [5, 5.41) is 0. The predicted molar refractivity (Wildman–Crippen MR) is 50.5 cm³/mol. The molecule has 1 atom stereocenters. The highest BCUT2D eigenvalue weighted by atomic mass is 14.3. The van der Waals surface area contributed by atoms with E-state index < -0.39 is 0 Å². The second-order valence-electron chi connectivity index (χ2n) is 4.15. The molecule has 1 aliphatic carbocycles. The molecule has 0 aliphatic heterocycles. The molecule has 0 aromatic carbocycles. The molecule has 0 nitrogen and oxygen atoms in total. The molecule has 0 spiro atoms. The molecule has 1 aliphatic rings. The topological polar surface area (TPSA) is 0 Å². The van der Waals surface area contributed by atoms with E-state index in [2.05, 4.69) is 45.9 Å². The van der Waals surface area contributed by atoms with Crippen LogP contribution in [0.15, 0.2) is 23.8 Å². The lowest BCUT2D eigenvalue weighted by Gasteiger charge is -2.31. The van der Waals surface area contributed by atoms with Crippen LogP contribution in [0.3, 0.4) is 0 Å². The van der Waals surface area contributed by atoms with Crippen LogP contribution in [0.4, 0.5) is 0 Å². The van der Waals surface area contributed by atoms with Gasteiger partial charge in [0, 0.05) is 0 Å². The standard InChI is InChI=1S/C11H18/c1-9(2)11(4)7-5-10(3)6-8-11/h5-7,9H,8H2,1-4H3. The molecule has 11 heavy (non-hydrogen) atoms. The monoisotopic (exact) mass is 150 g/mol. The Morgan fingerprint density at radius 2 is 2.09 bits per heavy atom. The van der Waals surface area contributed by atoms with Crippen molar-refractivity contribution in [2.24, 2.45) is 11.3 Å². The van der Waals surface area contributed by atoms with E-state index in [0.717, 1.165) is 5.92 Å². The first-order chi connectivity index (χ1) is 5.04. The fourth-order valence-electron chi connectivity index (χ4n) is 1.27. The normalized spacial score (nSPS) is 30.8. The maximum atomic E-state index is 2.35. The Morgan fingerprint density at radius 3 is 2.45 bits per heavy atom. The van der Waals surface area contributed by atoms with Crippen LogP contribution in [-0.2, 0) is 0 Å². The molecule has 0 saturated heterocycles. The van der Waals surface area contributed by atoms with Crippen LogP contribution in [0.25, 0.3) is 0 Å². The minimum absolute atomic E-state index is 0.402. The molecule has 0 aromatic heterocycles. The molecule has 0 saturated carbocycles. The summed E-state index contributed by atoms with van der Waals surface area (Å²) in [7, 11) is 0. The average Bonchev–Trinajstić information content (AvgIpc) is 1.95. The fraction of sp³-hybridized carbons (Fsp3) is 0.636. The molecule has 0 amide bonds. The van der Waals surface area contributed by atoms with Gasteiger partial charge in [-0.15, -0.1) is 0 Å². The summed E-state index contributed by atoms with van der Waals surface area (Å²) in [6, 6.07) is 0. The lowest BCUT2D eigenvalue weighted by molar-refractivity contribution is 0.298. The smallest absolute Gasteiger partial charge is 0.00857 e. The first-order valence-corrected chi connectivity index (χ1v) is 4.40. The first kappa shape index (κ1) is 8.58. The van der Waals surface area contributed by atoms with E-state index in [1.54, 1.807) is 0 Å². The minimum Gasteiger partial charge on any atom is -0.0807 e. The third kappa shape index (κ3) is 1.74. The molecule has 0 N–H and O–H groups in total. The summed E-state index contributed by atoms with van der Waals surface area (Å²) in [6.45, 7) is 9.07. The lowest BCUT2D eigenvalue weighted by Crippen LogP contribution is -2.21. The van der Waals surface area contributed by atoms with E-state index in [1.807, 2.05) is 0 Å². The van der Waals surface area contributed by atoms with E-state index in [4.69, 9.17) is 0 Å². The molecule has 0 aromatic rings. The third-order valence-electron chi connectivity index (χ3n) is 2.91. The maximum Gasteiger partial charge on any atom is -0.00857 e. The molecular formula is C11H18. The molecule has 0 radical (unpaired) electrons. The van der Waals surface area contributed by atoms with E-state index in [9.17, 15) is 0 Å². The van der Waals surface area contributed by atoms with Crippen LogP contribution in [0.1, 0.15) is 34.1 Å². The van der Waals surface area contributed by atoms with Gasteiger partial charge in [-0.2, -0.15) is 0 Å². The van der Waals surface area contributed by atoms with Crippen LogP contribution in [-0.4, -0.2) is 0 Å². The molecule has 0 bridgehead atoms. The van der Waals surface area contributed by atoms with Gasteiger partial charge in [0.2, 0.25) is 0 Å². The Kier molecular flexibility index (Phi) is 2.22.